The number of likely N-dealkylation sites (tertiary alicyclic amines) is 1. The fourth-order valence-corrected chi connectivity index (χ4v) is 3.85. The van der Waals surface area contributed by atoms with Crippen molar-refractivity contribution in [2.24, 2.45) is 0 Å². The van der Waals surface area contributed by atoms with Crippen LogP contribution in [0.3, 0.4) is 0 Å². The molecule has 1 N–H and O–H groups in total. The Bertz CT molecular complexity index is 594. The summed E-state index contributed by atoms with van der Waals surface area (Å²) in [4.78, 5) is 14.8. The lowest BCUT2D eigenvalue weighted by Gasteiger charge is -2.32. The summed E-state index contributed by atoms with van der Waals surface area (Å²) >= 11 is 0. The highest BCUT2D eigenvalue weighted by Crippen LogP contribution is 2.38. The number of ether oxygens (including phenoxy) is 1. The van der Waals surface area contributed by atoms with Gasteiger partial charge in [0.15, 0.2) is 0 Å². The molecule has 134 valence electrons. The minimum Gasteiger partial charge on any atom is -0.381 e. The van der Waals surface area contributed by atoms with Crippen molar-refractivity contribution in [3.05, 3.63) is 11.9 Å². The number of aromatic nitrogens is 3. The highest BCUT2D eigenvalue weighted by atomic mass is 16.5. The van der Waals surface area contributed by atoms with Crippen LogP contribution in [0, 0.1) is 0 Å². The molecule has 2 fully saturated rings. The van der Waals surface area contributed by atoms with Crippen LogP contribution in [-0.2, 0) is 15.1 Å². The molecular weight excluding hydrogens is 308 g/mol. The monoisotopic (exact) mass is 336 g/mol. The second kappa shape index (κ2) is 6.44. The van der Waals surface area contributed by atoms with Crippen molar-refractivity contribution in [1.82, 2.24) is 19.9 Å². The fourth-order valence-electron chi connectivity index (χ4n) is 3.85. The Kier molecular flexibility index (Phi) is 4.66. The third-order valence-corrected chi connectivity index (χ3v) is 5.27. The molecule has 2 aliphatic rings. The SMILES string of the molecule is CCOC1(C(=O)N2CCC(O)(c3cn(C(C)C)nn3)C2)CCCC1. The zero-order valence-corrected chi connectivity index (χ0v) is 14.9. The van der Waals surface area contributed by atoms with Crippen LogP contribution in [0.2, 0.25) is 0 Å². The molecule has 1 saturated heterocycles. The number of β-amino-alcohol motifs (C(OH)–C–C–N with tert-alkyl or cyclic N) is 1. The maximum absolute atomic E-state index is 13.0. The Morgan fingerprint density at radius 1 is 1.38 bits per heavy atom. The zero-order chi connectivity index (χ0) is 17.4. The van der Waals surface area contributed by atoms with Crippen molar-refractivity contribution in [3.8, 4) is 0 Å². The summed E-state index contributed by atoms with van der Waals surface area (Å²) in [5, 5.41) is 19.2. The van der Waals surface area contributed by atoms with Gasteiger partial charge in [-0.3, -0.25) is 4.79 Å². The van der Waals surface area contributed by atoms with Gasteiger partial charge in [-0.15, -0.1) is 5.10 Å². The van der Waals surface area contributed by atoms with Crippen molar-refractivity contribution in [2.45, 2.75) is 70.1 Å². The molecule has 1 unspecified atom stereocenters. The van der Waals surface area contributed by atoms with Crippen LogP contribution >= 0.6 is 0 Å². The van der Waals surface area contributed by atoms with E-state index in [0.717, 1.165) is 25.7 Å². The van der Waals surface area contributed by atoms with Crippen molar-refractivity contribution in [3.63, 3.8) is 0 Å². The second-order valence-corrected chi connectivity index (χ2v) is 7.32. The molecule has 24 heavy (non-hydrogen) atoms. The topological polar surface area (TPSA) is 80.5 Å². The van der Waals surface area contributed by atoms with Gasteiger partial charge in [0.25, 0.3) is 5.91 Å². The summed E-state index contributed by atoms with van der Waals surface area (Å²) in [5.41, 5.74) is -1.26. The number of amides is 1. The maximum Gasteiger partial charge on any atom is 0.254 e. The van der Waals surface area contributed by atoms with Crippen molar-refractivity contribution < 1.29 is 14.6 Å². The van der Waals surface area contributed by atoms with Crippen LogP contribution in [-0.4, -0.2) is 56.2 Å². The molecule has 1 saturated carbocycles. The first-order valence-corrected chi connectivity index (χ1v) is 8.98. The van der Waals surface area contributed by atoms with Crippen LogP contribution in [0.1, 0.15) is 64.6 Å². The summed E-state index contributed by atoms with van der Waals surface area (Å²) in [5.74, 6) is 0.0222. The first kappa shape index (κ1) is 17.4. The summed E-state index contributed by atoms with van der Waals surface area (Å²) < 4.78 is 7.60. The minimum atomic E-state index is -1.12. The van der Waals surface area contributed by atoms with Crippen LogP contribution in [0.5, 0.6) is 0 Å². The Morgan fingerprint density at radius 3 is 2.67 bits per heavy atom. The van der Waals surface area contributed by atoms with Gasteiger partial charge in [-0.05, 0) is 46.5 Å². The van der Waals surface area contributed by atoms with Crippen molar-refractivity contribution in [1.29, 1.82) is 0 Å². The summed E-state index contributed by atoms with van der Waals surface area (Å²) in [6.07, 6.45) is 5.86. The minimum absolute atomic E-state index is 0.0222. The predicted octanol–water partition coefficient (Wildman–Crippen LogP) is 1.63. The van der Waals surface area contributed by atoms with Gasteiger partial charge in [-0.2, -0.15) is 0 Å². The standard InChI is InChI=1S/C17H28N4O3/c1-4-24-17(7-5-6-8-17)15(22)20-10-9-16(23,12-20)14-11-21(13(2)3)19-18-14/h11,13,23H,4-10,12H2,1-3H3. The van der Waals surface area contributed by atoms with E-state index < -0.39 is 11.2 Å². The van der Waals surface area contributed by atoms with Crippen molar-refractivity contribution in [2.75, 3.05) is 19.7 Å². The first-order chi connectivity index (χ1) is 11.4. The molecule has 2 heterocycles. The lowest BCUT2D eigenvalue weighted by molar-refractivity contribution is -0.157. The highest BCUT2D eigenvalue weighted by molar-refractivity contribution is 5.86. The van der Waals surface area contributed by atoms with Gasteiger partial charge in [0.2, 0.25) is 0 Å². The predicted molar refractivity (Wildman–Crippen MR) is 88.3 cm³/mol. The van der Waals surface area contributed by atoms with E-state index in [-0.39, 0.29) is 18.5 Å². The van der Waals surface area contributed by atoms with Gasteiger partial charge in [0.1, 0.15) is 16.9 Å². The molecule has 0 aromatic carbocycles. The Balaban J connectivity index is 1.74. The summed E-state index contributed by atoms with van der Waals surface area (Å²) in [6, 6.07) is 0.189. The normalized spacial score (nSPS) is 26.5. The largest absolute Gasteiger partial charge is 0.381 e. The molecule has 7 heteroatoms. The van der Waals surface area contributed by atoms with E-state index >= 15 is 0 Å². The number of carbonyl (C=O) groups is 1. The second-order valence-electron chi connectivity index (χ2n) is 7.32. The van der Waals surface area contributed by atoms with Crippen molar-refractivity contribution >= 4 is 5.91 Å². The molecule has 1 aromatic rings. The molecule has 7 nitrogen and oxygen atoms in total. The molecule has 0 spiro atoms. The fraction of sp³-hybridized carbons (Fsp3) is 0.824. The molecular formula is C17H28N4O3. The number of carbonyl (C=O) groups excluding carboxylic acids is 1. The van der Waals surface area contributed by atoms with Crippen LogP contribution < -0.4 is 0 Å². The van der Waals surface area contributed by atoms with Gasteiger partial charge >= 0.3 is 0 Å². The number of aliphatic hydroxyl groups is 1. The first-order valence-electron chi connectivity index (χ1n) is 8.98. The number of hydrogen-bond donors (Lipinski definition) is 1. The average molecular weight is 336 g/mol. The van der Waals surface area contributed by atoms with Crippen LogP contribution in [0.4, 0.5) is 0 Å². The maximum atomic E-state index is 13.0. The van der Waals surface area contributed by atoms with Gasteiger partial charge in [0, 0.05) is 25.6 Å². The lowest BCUT2D eigenvalue weighted by atomic mass is 9.98. The quantitative estimate of drug-likeness (QED) is 0.884. The van der Waals surface area contributed by atoms with E-state index in [1.807, 2.05) is 20.8 Å². The van der Waals surface area contributed by atoms with E-state index in [1.165, 1.54) is 0 Å². The number of hydrogen-bond acceptors (Lipinski definition) is 5. The van der Waals surface area contributed by atoms with E-state index in [0.29, 0.717) is 25.3 Å². The van der Waals surface area contributed by atoms with E-state index in [1.54, 1.807) is 15.8 Å². The average Bonchev–Trinajstić information content (AvgIpc) is 3.26. The molecule has 0 radical (unpaired) electrons. The van der Waals surface area contributed by atoms with E-state index in [4.69, 9.17) is 4.74 Å². The molecule has 1 aliphatic carbocycles. The lowest BCUT2D eigenvalue weighted by Crippen LogP contribution is -2.49. The van der Waals surface area contributed by atoms with Crippen LogP contribution in [0.25, 0.3) is 0 Å². The smallest absolute Gasteiger partial charge is 0.254 e. The Labute approximate surface area is 143 Å². The summed E-state index contributed by atoms with van der Waals surface area (Å²) in [6.45, 7) is 7.28. The molecule has 1 amide bonds. The molecule has 1 aromatic heterocycles. The zero-order valence-electron chi connectivity index (χ0n) is 14.9. The Morgan fingerprint density at radius 2 is 2.08 bits per heavy atom. The highest BCUT2D eigenvalue weighted by Gasteiger charge is 2.49. The third kappa shape index (κ3) is 2.95. The van der Waals surface area contributed by atoms with Gasteiger partial charge in [-0.1, -0.05) is 5.21 Å². The third-order valence-electron chi connectivity index (χ3n) is 5.27. The van der Waals surface area contributed by atoms with E-state index in [2.05, 4.69) is 10.3 Å². The molecule has 1 aliphatic heterocycles. The van der Waals surface area contributed by atoms with Gasteiger partial charge in [-0.25, -0.2) is 4.68 Å². The number of nitrogens with zero attached hydrogens (tertiary/aromatic N) is 4. The van der Waals surface area contributed by atoms with Gasteiger partial charge < -0.3 is 14.7 Å². The van der Waals surface area contributed by atoms with Crippen LogP contribution in [0.15, 0.2) is 6.20 Å². The molecule has 3 rings (SSSR count). The number of rotatable bonds is 5. The molecule has 1 atom stereocenters. The summed E-state index contributed by atoms with van der Waals surface area (Å²) in [7, 11) is 0. The van der Waals surface area contributed by atoms with E-state index in [9.17, 15) is 9.90 Å². The Hall–Kier alpha value is -1.47. The molecule has 0 bridgehead atoms. The van der Waals surface area contributed by atoms with Gasteiger partial charge in [0.05, 0.1) is 12.7 Å².